The Bertz CT molecular complexity index is 979. The minimum absolute atomic E-state index is 0.0339. The molecule has 0 aromatic heterocycles. The molecule has 1 heterocycles. The Morgan fingerprint density at radius 1 is 1.25 bits per heavy atom. The average Bonchev–Trinajstić information content (AvgIpc) is 2.65. The van der Waals surface area contributed by atoms with E-state index in [4.69, 9.17) is 5.11 Å². The van der Waals surface area contributed by atoms with Crippen LogP contribution in [0.3, 0.4) is 0 Å². The standard InChI is InChI=1S/C19H16FN3O4S/c1-23-16(24)10-15(28-19(23)22-14-7-3-5-12(20)9-14)17(25)21-13-6-2-4-11(8-13)18(26)27/h2-9,15H,10H2,1H3,(H,21,25)(H,26,27)/t15-/m0/s1. The number of thioether (sulfide) groups is 1. The Kier molecular flexibility index (Phi) is 5.74. The van der Waals surface area contributed by atoms with Crippen LogP contribution < -0.4 is 5.32 Å². The van der Waals surface area contributed by atoms with Gasteiger partial charge in [-0.2, -0.15) is 0 Å². The predicted octanol–water partition coefficient (Wildman–Crippen LogP) is 3.11. The molecule has 0 aliphatic carbocycles. The topological polar surface area (TPSA) is 99.1 Å². The van der Waals surface area contributed by atoms with Crippen molar-refractivity contribution in [1.82, 2.24) is 4.90 Å². The average molecular weight is 401 g/mol. The van der Waals surface area contributed by atoms with Gasteiger partial charge in [0.25, 0.3) is 0 Å². The molecule has 28 heavy (non-hydrogen) atoms. The van der Waals surface area contributed by atoms with Gasteiger partial charge < -0.3 is 10.4 Å². The lowest BCUT2D eigenvalue weighted by atomic mass is 10.2. The third-order valence-electron chi connectivity index (χ3n) is 3.97. The van der Waals surface area contributed by atoms with Crippen LogP contribution in [0, 0.1) is 5.82 Å². The van der Waals surface area contributed by atoms with Gasteiger partial charge in [0.15, 0.2) is 5.17 Å². The summed E-state index contributed by atoms with van der Waals surface area (Å²) in [5.74, 6) is -2.30. The Hall–Kier alpha value is -3.20. The van der Waals surface area contributed by atoms with E-state index in [0.717, 1.165) is 11.8 Å². The monoisotopic (exact) mass is 401 g/mol. The molecule has 1 atom stereocenters. The van der Waals surface area contributed by atoms with Crippen LogP contribution in [0.15, 0.2) is 53.5 Å². The second-order valence-electron chi connectivity index (χ2n) is 6.01. The number of nitrogens with zero attached hydrogens (tertiary/aromatic N) is 2. The molecular weight excluding hydrogens is 385 g/mol. The highest BCUT2D eigenvalue weighted by Gasteiger charge is 2.34. The van der Waals surface area contributed by atoms with Crippen molar-refractivity contribution < 1.29 is 23.9 Å². The zero-order chi connectivity index (χ0) is 20.3. The number of amidine groups is 1. The normalized spacial score (nSPS) is 18.2. The predicted molar refractivity (Wildman–Crippen MR) is 104 cm³/mol. The first-order valence-electron chi connectivity index (χ1n) is 8.25. The van der Waals surface area contributed by atoms with Gasteiger partial charge in [0.2, 0.25) is 11.8 Å². The zero-order valence-corrected chi connectivity index (χ0v) is 15.6. The fourth-order valence-corrected chi connectivity index (χ4v) is 3.57. The molecule has 0 radical (unpaired) electrons. The van der Waals surface area contributed by atoms with Gasteiger partial charge in [-0.25, -0.2) is 14.2 Å². The van der Waals surface area contributed by atoms with E-state index in [0.29, 0.717) is 11.4 Å². The molecule has 144 valence electrons. The van der Waals surface area contributed by atoms with E-state index in [1.54, 1.807) is 12.1 Å². The number of aliphatic imine (C=N–C) groups is 1. The SMILES string of the molecule is CN1C(=O)C[C@@H](C(=O)Nc2cccc(C(=O)O)c2)SC1=Nc1cccc(F)c1. The molecule has 1 aliphatic heterocycles. The molecule has 2 aromatic rings. The molecular formula is C19H16FN3O4S. The lowest BCUT2D eigenvalue weighted by Gasteiger charge is -2.28. The Morgan fingerprint density at radius 3 is 2.71 bits per heavy atom. The van der Waals surface area contributed by atoms with E-state index in [2.05, 4.69) is 10.3 Å². The van der Waals surface area contributed by atoms with Crippen LogP contribution in [0.2, 0.25) is 0 Å². The summed E-state index contributed by atoms with van der Waals surface area (Å²) in [7, 11) is 1.54. The van der Waals surface area contributed by atoms with Crippen LogP contribution in [0.1, 0.15) is 16.8 Å². The Balaban J connectivity index is 1.78. The molecule has 2 aromatic carbocycles. The number of carboxylic acid groups (broad SMARTS) is 1. The van der Waals surface area contributed by atoms with Crippen LogP contribution in [-0.4, -0.2) is 45.3 Å². The van der Waals surface area contributed by atoms with Crippen LogP contribution in [0.4, 0.5) is 15.8 Å². The van der Waals surface area contributed by atoms with E-state index >= 15 is 0 Å². The van der Waals surface area contributed by atoms with Crippen molar-refractivity contribution in [1.29, 1.82) is 0 Å². The number of halogens is 1. The Labute approximate surface area is 164 Å². The number of rotatable bonds is 4. The summed E-state index contributed by atoms with van der Waals surface area (Å²) in [5, 5.41) is 11.2. The van der Waals surface area contributed by atoms with E-state index in [1.165, 1.54) is 48.3 Å². The number of carboxylic acids is 1. The van der Waals surface area contributed by atoms with Crippen molar-refractivity contribution >= 4 is 46.1 Å². The molecule has 1 fully saturated rings. The van der Waals surface area contributed by atoms with Crippen molar-refractivity contribution in [3.8, 4) is 0 Å². The van der Waals surface area contributed by atoms with E-state index in [-0.39, 0.29) is 23.1 Å². The van der Waals surface area contributed by atoms with Crippen molar-refractivity contribution in [3.05, 3.63) is 59.9 Å². The van der Waals surface area contributed by atoms with Crippen molar-refractivity contribution in [3.63, 3.8) is 0 Å². The third kappa shape index (κ3) is 4.55. The molecule has 0 unspecified atom stereocenters. The summed E-state index contributed by atoms with van der Waals surface area (Å²) in [6.07, 6.45) is -0.0339. The maximum Gasteiger partial charge on any atom is 0.335 e. The van der Waals surface area contributed by atoms with Gasteiger partial charge in [0.05, 0.1) is 11.3 Å². The molecule has 1 aliphatic rings. The molecule has 2 N–H and O–H groups in total. The maximum absolute atomic E-state index is 13.4. The fourth-order valence-electron chi connectivity index (χ4n) is 2.51. The molecule has 3 rings (SSSR count). The molecule has 0 bridgehead atoms. The van der Waals surface area contributed by atoms with E-state index in [1.807, 2.05) is 0 Å². The van der Waals surface area contributed by atoms with E-state index in [9.17, 15) is 18.8 Å². The van der Waals surface area contributed by atoms with Gasteiger partial charge >= 0.3 is 5.97 Å². The minimum Gasteiger partial charge on any atom is -0.478 e. The lowest BCUT2D eigenvalue weighted by Crippen LogP contribution is -2.43. The van der Waals surface area contributed by atoms with Crippen molar-refractivity contribution in [2.24, 2.45) is 4.99 Å². The van der Waals surface area contributed by atoms with E-state index < -0.39 is 22.9 Å². The van der Waals surface area contributed by atoms with Crippen LogP contribution >= 0.6 is 11.8 Å². The number of hydrogen-bond donors (Lipinski definition) is 2. The van der Waals surface area contributed by atoms with Crippen LogP contribution in [0.5, 0.6) is 0 Å². The largest absolute Gasteiger partial charge is 0.478 e. The number of anilines is 1. The van der Waals surface area contributed by atoms with Crippen molar-refractivity contribution in [2.45, 2.75) is 11.7 Å². The first kappa shape index (κ1) is 19.6. The quantitative estimate of drug-likeness (QED) is 0.820. The summed E-state index contributed by atoms with van der Waals surface area (Å²) in [6.45, 7) is 0. The number of aromatic carboxylic acids is 1. The summed E-state index contributed by atoms with van der Waals surface area (Å²) in [6, 6.07) is 11.4. The number of carbonyl (C=O) groups excluding carboxylic acids is 2. The molecule has 7 nitrogen and oxygen atoms in total. The number of nitrogens with one attached hydrogen (secondary N) is 1. The fraction of sp³-hybridized carbons (Fsp3) is 0.158. The van der Waals surface area contributed by atoms with Crippen LogP contribution in [0.25, 0.3) is 0 Å². The van der Waals surface area contributed by atoms with Crippen LogP contribution in [-0.2, 0) is 9.59 Å². The maximum atomic E-state index is 13.4. The lowest BCUT2D eigenvalue weighted by molar-refractivity contribution is -0.128. The van der Waals surface area contributed by atoms with Gasteiger partial charge in [-0.3, -0.25) is 14.5 Å². The third-order valence-corrected chi connectivity index (χ3v) is 5.21. The summed E-state index contributed by atoms with van der Waals surface area (Å²) in [5.41, 5.74) is 0.691. The van der Waals surface area contributed by atoms with Crippen molar-refractivity contribution in [2.75, 3.05) is 12.4 Å². The number of hydrogen-bond acceptors (Lipinski definition) is 5. The summed E-state index contributed by atoms with van der Waals surface area (Å²) in [4.78, 5) is 41.5. The summed E-state index contributed by atoms with van der Waals surface area (Å²) < 4.78 is 13.4. The van der Waals surface area contributed by atoms with Gasteiger partial charge in [-0.05, 0) is 36.4 Å². The molecule has 0 saturated carbocycles. The number of benzene rings is 2. The number of carbonyl (C=O) groups is 3. The molecule has 9 heteroatoms. The molecule has 0 spiro atoms. The second-order valence-corrected chi connectivity index (χ2v) is 7.18. The highest BCUT2D eigenvalue weighted by atomic mass is 32.2. The van der Waals surface area contributed by atoms with Gasteiger partial charge in [0, 0.05) is 19.2 Å². The Morgan fingerprint density at radius 2 is 2.00 bits per heavy atom. The zero-order valence-electron chi connectivity index (χ0n) is 14.8. The second kappa shape index (κ2) is 8.22. The smallest absolute Gasteiger partial charge is 0.335 e. The first-order chi connectivity index (χ1) is 13.3. The summed E-state index contributed by atoms with van der Waals surface area (Å²) >= 11 is 1.09. The number of amides is 2. The first-order valence-corrected chi connectivity index (χ1v) is 9.13. The molecule has 2 amide bonds. The van der Waals surface area contributed by atoms with Gasteiger partial charge in [-0.15, -0.1) is 0 Å². The molecule has 1 saturated heterocycles. The highest BCUT2D eigenvalue weighted by Crippen LogP contribution is 2.29. The van der Waals surface area contributed by atoms with Gasteiger partial charge in [0.1, 0.15) is 11.1 Å². The van der Waals surface area contributed by atoms with Gasteiger partial charge in [-0.1, -0.05) is 23.9 Å². The highest BCUT2D eigenvalue weighted by molar-refractivity contribution is 8.15. The minimum atomic E-state index is -1.11.